The first-order valence-electron chi connectivity index (χ1n) is 10.9. The summed E-state index contributed by atoms with van der Waals surface area (Å²) in [6.07, 6.45) is 0. The van der Waals surface area contributed by atoms with Crippen LogP contribution in [0.15, 0.2) is 77.6 Å². The Kier molecular flexibility index (Phi) is 7.17. The number of carboxylic acid groups (broad SMARTS) is 1. The van der Waals surface area contributed by atoms with Gasteiger partial charge in [-0.2, -0.15) is 0 Å². The number of carbonyl (C=O) groups excluding carboxylic acids is 1. The van der Waals surface area contributed by atoms with E-state index in [1.54, 1.807) is 6.07 Å². The molecule has 0 spiro atoms. The number of pyridine rings is 1. The first kappa shape index (κ1) is 24.0. The van der Waals surface area contributed by atoms with Gasteiger partial charge < -0.3 is 19.7 Å². The Morgan fingerprint density at radius 1 is 1.00 bits per heavy atom. The highest BCUT2D eigenvalue weighted by molar-refractivity contribution is 6.31. The van der Waals surface area contributed by atoms with Gasteiger partial charge in [0.1, 0.15) is 11.3 Å². The van der Waals surface area contributed by atoms with E-state index in [-0.39, 0.29) is 35.0 Å². The maximum Gasteiger partial charge on any atom is 0.339 e. The van der Waals surface area contributed by atoms with Crippen molar-refractivity contribution in [1.82, 2.24) is 9.88 Å². The molecule has 178 valence electrons. The molecule has 0 aliphatic heterocycles. The van der Waals surface area contributed by atoms with E-state index in [9.17, 15) is 19.5 Å². The zero-order chi connectivity index (χ0) is 24.9. The van der Waals surface area contributed by atoms with Gasteiger partial charge >= 0.3 is 5.97 Å². The van der Waals surface area contributed by atoms with Gasteiger partial charge in [-0.25, -0.2) is 4.79 Å². The molecule has 4 rings (SSSR count). The fraction of sp³-hybridized carbons (Fsp3) is 0.148. The highest BCUT2D eigenvalue weighted by Gasteiger charge is 2.19. The molecule has 0 saturated heterocycles. The fourth-order valence-corrected chi connectivity index (χ4v) is 3.93. The molecule has 35 heavy (non-hydrogen) atoms. The highest BCUT2D eigenvalue weighted by Crippen LogP contribution is 2.23. The quantitative estimate of drug-likeness (QED) is 0.369. The van der Waals surface area contributed by atoms with Gasteiger partial charge in [0.25, 0.3) is 11.5 Å². The number of carboxylic acids is 1. The summed E-state index contributed by atoms with van der Waals surface area (Å²) in [7, 11) is 0. The predicted octanol–water partition coefficient (Wildman–Crippen LogP) is 4.80. The van der Waals surface area contributed by atoms with Crippen molar-refractivity contribution in [2.24, 2.45) is 0 Å². The normalized spacial score (nSPS) is 10.8. The average molecular weight is 491 g/mol. The van der Waals surface area contributed by atoms with Crippen LogP contribution in [0.4, 0.5) is 0 Å². The van der Waals surface area contributed by atoms with Crippen LogP contribution < -0.4 is 10.3 Å². The lowest BCUT2D eigenvalue weighted by Gasteiger charge is -2.23. The number of halogens is 1. The van der Waals surface area contributed by atoms with Gasteiger partial charge in [-0.15, -0.1) is 0 Å². The van der Waals surface area contributed by atoms with Gasteiger partial charge in [-0.3, -0.25) is 9.59 Å². The second-order valence-corrected chi connectivity index (χ2v) is 8.62. The van der Waals surface area contributed by atoms with E-state index < -0.39 is 18.5 Å². The topological polar surface area (TPSA) is 99.7 Å². The van der Waals surface area contributed by atoms with Crippen LogP contribution >= 0.6 is 11.6 Å². The number of nitrogens with one attached hydrogen (secondary N) is 1. The number of amides is 1. The molecule has 0 saturated carbocycles. The van der Waals surface area contributed by atoms with Crippen molar-refractivity contribution in [3.63, 3.8) is 0 Å². The number of hydrogen-bond acceptors (Lipinski definition) is 4. The molecule has 7 nitrogen and oxygen atoms in total. The number of aromatic nitrogens is 1. The molecule has 1 aromatic heterocycles. The number of rotatable bonds is 8. The maximum atomic E-state index is 13.2. The predicted molar refractivity (Wildman–Crippen MR) is 134 cm³/mol. The first-order valence-corrected chi connectivity index (χ1v) is 11.3. The minimum absolute atomic E-state index is 0.0361. The molecule has 8 heteroatoms. The molecule has 1 amide bonds. The summed E-state index contributed by atoms with van der Waals surface area (Å²) in [5.41, 5.74) is 2.67. The van der Waals surface area contributed by atoms with E-state index >= 15 is 0 Å². The third-order valence-corrected chi connectivity index (χ3v) is 5.77. The molecule has 0 aliphatic rings. The summed E-state index contributed by atoms with van der Waals surface area (Å²) >= 11 is 5.89. The maximum absolute atomic E-state index is 13.2. The Bertz CT molecular complexity index is 1450. The Morgan fingerprint density at radius 3 is 2.51 bits per heavy atom. The van der Waals surface area contributed by atoms with Crippen molar-refractivity contribution in [3.05, 3.63) is 110 Å². The summed E-state index contributed by atoms with van der Waals surface area (Å²) in [6, 6.07) is 21.1. The minimum atomic E-state index is -1.21. The number of fused-ring (bicyclic) bond motifs is 1. The van der Waals surface area contributed by atoms with Crippen molar-refractivity contribution in [2.75, 3.05) is 6.61 Å². The number of hydrogen-bond donors (Lipinski definition) is 2. The Labute approximate surface area is 206 Å². The summed E-state index contributed by atoms with van der Waals surface area (Å²) in [5, 5.41) is 10.5. The standard InChI is InChI=1S/C27H23ClN2O5/c1-17-7-9-23-19(11-17)12-20(26(32)29-23)15-30(14-18-5-3-2-4-6-18)25(31)16-35-24-10-8-21(28)13-22(24)27(33)34/h2-13H,14-16H2,1H3,(H,29,32)(H,33,34). The van der Waals surface area contributed by atoms with Gasteiger partial charge in [0, 0.05) is 22.6 Å². The molecule has 0 radical (unpaired) electrons. The van der Waals surface area contributed by atoms with Gasteiger partial charge in [0.15, 0.2) is 6.61 Å². The third kappa shape index (κ3) is 5.88. The molecule has 4 aromatic rings. The Hall–Kier alpha value is -4.10. The summed E-state index contributed by atoms with van der Waals surface area (Å²) in [4.78, 5) is 41.9. The van der Waals surface area contributed by atoms with Gasteiger partial charge in [-0.1, -0.05) is 53.6 Å². The van der Waals surface area contributed by atoms with E-state index in [0.717, 1.165) is 22.0 Å². The van der Waals surface area contributed by atoms with Gasteiger partial charge in [0.2, 0.25) is 0 Å². The second-order valence-electron chi connectivity index (χ2n) is 8.18. The van der Waals surface area contributed by atoms with E-state index in [1.807, 2.05) is 55.5 Å². The van der Waals surface area contributed by atoms with Crippen LogP contribution in [0.1, 0.15) is 27.0 Å². The van der Waals surface area contributed by atoms with E-state index in [2.05, 4.69) is 4.98 Å². The zero-order valence-electron chi connectivity index (χ0n) is 19.0. The smallest absolute Gasteiger partial charge is 0.339 e. The van der Waals surface area contributed by atoms with Crippen LogP contribution in [0.2, 0.25) is 5.02 Å². The second kappa shape index (κ2) is 10.4. The number of aryl methyl sites for hydroxylation is 1. The van der Waals surface area contributed by atoms with Crippen LogP contribution in [0.5, 0.6) is 5.75 Å². The van der Waals surface area contributed by atoms with Crippen molar-refractivity contribution in [1.29, 1.82) is 0 Å². The van der Waals surface area contributed by atoms with Crippen LogP contribution in [0.3, 0.4) is 0 Å². The largest absolute Gasteiger partial charge is 0.483 e. The molecule has 0 unspecified atom stereocenters. The third-order valence-electron chi connectivity index (χ3n) is 5.53. The number of aromatic carboxylic acids is 1. The zero-order valence-corrected chi connectivity index (χ0v) is 19.7. The van der Waals surface area contributed by atoms with Gasteiger partial charge in [-0.05, 0) is 54.3 Å². The summed E-state index contributed by atoms with van der Waals surface area (Å²) < 4.78 is 5.57. The first-order chi connectivity index (χ1) is 16.8. The number of aromatic amines is 1. The average Bonchev–Trinajstić information content (AvgIpc) is 2.83. The number of carbonyl (C=O) groups is 2. The van der Waals surface area contributed by atoms with Crippen molar-refractivity contribution in [3.8, 4) is 5.75 Å². The molecule has 0 bridgehead atoms. The van der Waals surface area contributed by atoms with E-state index in [1.165, 1.54) is 23.1 Å². The molecule has 0 atom stereocenters. The summed E-state index contributed by atoms with van der Waals surface area (Å²) in [6.45, 7) is 1.87. The Morgan fingerprint density at radius 2 is 1.77 bits per heavy atom. The van der Waals surface area contributed by atoms with Crippen LogP contribution in [-0.2, 0) is 17.9 Å². The Balaban J connectivity index is 1.60. The molecule has 2 N–H and O–H groups in total. The van der Waals surface area contributed by atoms with Crippen molar-refractivity contribution in [2.45, 2.75) is 20.0 Å². The monoisotopic (exact) mass is 490 g/mol. The highest BCUT2D eigenvalue weighted by atomic mass is 35.5. The molecular weight excluding hydrogens is 468 g/mol. The van der Waals surface area contributed by atoms with Crippen molar-refractivity contribution < 1.29 is 19.4 Å². The lowest BCUT2D eigenvalue weighted by Crippen LogP contribution is -2.35. The minimum Gasteiger partial charge on any atom is -0.483 e. The number of benzene rings is 3. The number of nitrogens with zero attached hydrogens (tertiary/aromatic N) is 1. The van der Waals surface area contributed by atoms with E-state index in [4.69, 9.17) is 16.3 Å². The molecule has 3 aromatic carbocycles. The lowest BCUT2D eigenvalue weighted by molar-refractivity contribution is -0.134. The van der Waals surface area contributed by atoms with Gasteiger partial charge in [0.05, 0.1) is 6.54 Å². The van der Waals surface area contributed by atoms with Crippen LogP contribution in [0.25, 0.3) is 10.9 Å². The van der Waals surface area contributed by atoms with Crippen LogP contribution in [-0.4, -0.2) is 33.5 Å². The lowest BCUT2D eigenvalue weighted by atomic mass is 10.1. The van der Waals surface area contributed by atoms with E-state index in [0.29, 0.717) is 5.56 Å². The SMILES string of the molecule is Cc1ccc2[nH]c(=O)c(CN(Cc3ccccc3)C(=O)COc3ccc(Cl)cc3C(=O)O)cc2c1. The molecular formula is C27H23ClN2O5. The number of H-pyrrole nitrogens is 1. The van der Waals surface area contributed by atoms with Crippen LogP contribution in [0, 0.1) is 6.92 Å². The summed E-state index contributed by atoms with van der Waals surface area (Å²) in [5.74, 6) is -1.58. The number of ether oxygens (including phenoxy) is 1. The molecule has 1 heterocycles. The molecule has 0 aliphatic carbocycles. The molecule has 0 fully saturated rings. The fourth-order valence-electron chi connectivity index (χ4n) is 3.76. The van der Waals surface area contributed by atoms with Crippen molar-refractivity contribution >= 4 is 34.4 Å².